The van der Waals surface area contributed by atoms with Gasteiger partial charge in [-0.05, 0) is 37.4 Å². The van der Waals surface area contributed by atoms with Crippen LogP contribution < -0.4 is 0 Å². The molecule has 2 rings (SSSR count). The highest BCUT2D eigenvalue weighted by atomic mass is 35.5. The minimum atomic E-state index is -0.0836. The average molecular weight is 324 g/mol. The van der Waals surface area contributed by atoms with E-state index >= 15 is 0 Å². The quantitative estimate of drug-likeness (QED) is 0.790. The highest BCUT2D eigenvalue weighted by Gasteiger charge is 2.17. The van der Waals surface area contributed by atoms with Crippen LogP contribution in [0.3, 0.4) is 0 Å². The van der Waals surface area contributed by atoms with Crippen LogP contribution in [0.25, 0.3) is 0 Å². The molecule has 0 bridgehead atoms. The Morgan fingerprint density at radius 2 is 2.19 bits per heavy atom. The van der Waals surface area contributed by atoms with E-state index in [0.717, 1.165) is 17.1 Å². The number of halogens is 1. The van der Waals surface area contributed by atoms with Crippen LogP contribution in [0.1, 0.15) is 23.0 Å². The van der Waals surface area contributed by atoms with Gasteiger partial charge in [0.2, 0.25) is 0 Å². The van der Waals surface area contributed by atoms with Crippen LogP contribution in [0.4, 0.5) is 0 Å². The van der Waals surface area contributed by atoms with E-state index in [9.17, 15) is 4.79 Å². The molecule has 0 saturated carbocycles. The molecule has 21 heavy (non-hydrogen) atoms. The number of carbonyl (C=O) groups excluding carboxylic acids is 1. The molecule has 1 aromatic heterocycles. The molecule has 1 heterocycles. The van der Waals surface area contributed by atoms with Crippen molar-refractivity contribution >= 4 is 29.3 Å². The second kappa shape index (κ2) is 7.00. The first kappa shape index (κ1) is 15.9. The van der Waals surface area contributed by atoms with Gasteiger partial charge in [0.25, 0.3) is 5.91 Å². The molecule has 0 aliphatic heterocycles. The van der Waals surface area contributed by atoms with Crippen molar-refractivity contribution in [2.45, 2.75) is 24.9 Å². The van der Waals surface area contributed by atoms with Crippen LogP contribution in [0.5, 0.6) is 0 Å². The van der Waals surface area contributed by atoms with Gasteiger partial charge >= 0.3 is 0 Å². The Kier molecular flexibility index (Phi) is 5.31. The van der Waals surface area contributed by atoms with Gasteiger partial charge < -0.3 is 4.90 Å². The predicted octanol–water partition coefficient (Wildman–Crippen LogP) is 3.55. The molecule has 0 spiro atoms. The highest BCUT2D eigenvalue weighted by Crippen LogP contribution is 2.24. The lowest BCUT2D eigenvalue weighted by Gasteiger charge is -2.18. The number of hydrogen-bond acceptors (Lipinski definition) is 3. The van der Waals surface area contributed by atoms with Crippen LogP contribution in [0, 0.1) is 0 Å². The van der Waals surface area contributed by atoms with Gasteiger partial charge in [-0.2, -0.15) is 5.10 Å². The summed E-state index contributed by atoms with van der Waals surface area (Å²) < 4.78 is 1.88. The van der Waals surface area contributed by atoms with Crippen LogP contribution in [-0.4, -0.2) is 33.9 Å². The van der Waals surface area contributed by atoms with Crippen molar-refractivity contribution in [1.29, 1.82) is 0 Å². The van der Waals surface area contributed by atoms with Crippen molar-refractivity contribution in [2.24, 2.45) is 0 Å². The summed E-state index contributed by atoms with van der Waals surface area (Å²) in [4.78, 5) is 15.2. The van der Waals surface area contributed by atoms with Crippen LogP contribution in [0.15, 0.2) is 35.4 Å². The first-order valence-electron chi connectivity index (χ1n) is 6.66. The van der Waals surface area contributed by atoms with E-state index in [-0.39, 0.29) is 5.91 Å². The molecule has 2 aromatic rings. The van der Waals surface area contributed by atoms with E-state index in [1.54, 1.807) is 36.0 Å². The van der Waals surface area contributed by atoms with Gasteiger partial charge in [-0.15, -0.1) is 11.8 Å². The van der Waals surface area contributed by atoms with Crippen molar-refractivity contribution < 1.29 is 4.79 Å². The maximum atomic E-state index is 12.6. The molecule has 0 aliphatic rings. The number of aromatic nitrogens is 2. The fourth-order valence-corrected chi connectivity index (χ4v) is 2.73. The summed E-state index contributed by atoms with van der Waals surface area (Å²) in [6, 6.07) is 7.44. The van der Waals surface area contributed by atoms with Gasteiger partial charge in [-0.3, -0.25) is 9.48 Å². The zero-order valence-corrected chi connectivity index (χ0v) is 13.9. The first-order valence-corrected chi connectivity index (χ1v) is 8.26. The van der Waals surface area contributed by atoms with E-state index in [0.29, 0.717) is 17.1 Å². The SMILES string of the molecule is CCn1nccc1CN(C)C(=O)c1cc(SC)ccc1Cl. The summed E-state index contributed by atoms with van der Waals surface area (Å²) in [6.07, 6.45) is 3.72. The monoisotopic (exact) mass is 323 g/mol. The maximum absolute atomic E-state index is 12.6. The lowest BCUT2D eigenvalue weighted by Crippen LogP contribution is -2.27. The number of aryl methyl sites for hydroxylation is 1. The summed E-state index contributed by atoms with van der Waals surface area (Å²) in [6.45, 7) is 3.32. The number of thioether (sulfide) groups is 1. The minimum Gasteiger partial charge on any atom is -0.336 e. The molecule has 4 nitrogen and oxygen atoms in total. The van der Waals surface area contributed by atoms with Crippen molar-refractivity contribution in [3.8, 4) is 0 Å². The minimum absolute atomic E-state index is 0.0836. The van der Waals surface area contributed by atoms with Crippen molar-refractivity contribution in [2.75, 3.05) is 13.3 Å². The molecule has 112 valence electrons. The molecule has 0 N–H and O–H groups in total. The highest BCUT2D eigenvalue weighted by molar-refractivity contribution is 7.98. The third-order valence-electron chi connectivity index (χ3n) is 3.25. The Bertz CT molecular complexity index is 642. The van der Waals surface area contributed by atoms with Gasteiger partial charge in [0, 0.05) is 24.7 Å². The molecule has 6 heteroatoms. The molecule has 0 atom stereocenters. The largest absolute Gasteiger partial charge is 0.336 e. The van der Waals surface area contributed by atoms with Crippen molar-refractivity contribution in [3.05, 3.63) is 46.7 Å². The lowest BCUT2D eigenvalue weighted by molar-refractivity contribution is 0.0781. The second-order valence-corrected chi connectivity index (χ2v) is 5.93. The summed E-state index contributed by atoms with van der Waals surface area (Å²) in [7, 11) is 1.78. The molecular formula is C15H18ClN3OS. The van der Waals surface area contributed by atoms with E-state index in [1.165, 1.54) is 0 Å². The Morgan fingerprint density at radius 3 is 2.86 bits per heavy atom. The Hall–Kier alpha value is -1.46. The molecule has 0 aliphatic carbocycles. The first-order chi connectivity index (χ1) is 10.1. The zero-order chi connectivity index (χ0) is 15.4. The summed E-state index contributed by atoms with van der Waals surface area (Å²) in [5.41, 5.74) is 1.54. The second-order valence-electron chi connectivity index (χ2n) is 4.65. The number of amides is 1. The third-order valence-corrected chi connectivity index (χ3v) is 4.31. The Morgan fingerprint density at radius 1 is 1.43 bits per heavy atom. The topological polar surface area (TPSA) is 38.1 Å². The standard InChI is InChI=1S/C15H18ClN3OS/c1-4-19-11(7-8-17-19)10-18(2)15(20)13-9-12(21-3)5-6-14(13)16/h5-9H,4,10H2,1-3H3. The smallest absolute Gasteiger partial charge is 0.255 e. The summed E-state index contributed by atoms with van der Waals surface area (Å²) >= 11 is 7.75. The van der Waals surface area contributed by atoms with Gasteiger partial charge in [-0.25, -0.2) is 0 Å². The van der Waals surface area contributed by atoms with Crippen LogP contribution >= 0.6 is 23.4 Å². The fraction of sp³-hybridized carbons (Fsp3) is 0.333. The van der Waals surface area contributed by atoms with Crippen molar-refractivity contribution in [1.82, 2.24) is 14.7 Å². The van der Waals surface area contributed by atoms with E-state index in [1.807, 2.05) is 36.1 Å². The number of hydrogen-bond donors (Lipinski definition) is 0. The fourth-order valence-electron chi connectivity index (χ4n) is 2.09. The van der Waals surface area contributed by atoms with E-state index in [4.69, 9.17) is 11.6 Å². The molecular weight excluding hydrogens is 306 g/mol. The van der Waals surface area contributed by atoms with E-state index < -0.39 is 0 Å². The zero-order valence-electron chi connectivity index (χ0n) is 12.3. The predicted molar refractivity (Wildman–Crippen MR) is 86.9 cm³/mol. The number of rotatable bonds is 5. The van der Waals surface area contributed by atoms with Gasteiger partial charge in [0.1, 0.15) is 0 Å². The lowest BCUT2D eigenvalue weighted by atomic mass is 10.2. The summed E-state index contributed by atoms with van der Waals surface area (Å²) in [5.74, 6) is -0.0836. The van der Waals surface area contributed by atoms with Crippen LogP contribution in [-0.2, 0) is 13.1 Å². The third kappa shape index (κ3) is 3.60. The maximum Gasteiger partial charge on any atom is 0.255 e. The number of benzene rings is 1. The van der Waals surface area contributed by atoms with Crippen LogP contribution in [0.2, 0.25) is 5.02 Å². The number of carbonyl (C=O) groups is 1. The number of nitrogens with zero attached hydrogens (tertiary/aromatic N) is 3. The van der Waals surface area contributed by atoms with Gasteiger partial charge in [0.05, 0.1) is 22.8 Å². The van der Waals surface area contributed by atoms with E-state index in [2.05, 4.69) is 5.10 Å². The van der Waals surface area contributed by atoms with Gasteiger partial charge in [0.15, 0.2) is 0 Å². The van der Waals surface area contributed by atoms with Crippen molar-refractivity contribution in [3.63, 3.8) is 0 Å². The normalized spacial score (nSPS) is 10.7. The molecule has 0 saturated heterocycles. The molecule has 1 amide bonds. The molecule has 0 fully saturated rings. The molecule has 1 aromatic carbocycles. The van der Waals surface area contributed by atoms with Gasteiger partial charge in [-0.1, -0.05) is 11.6 Å². The Balaban J connectivity index is 2.19. The molecule has 0 unspecified atom stereocenters. The average Bonchev–Trinajstić information content (AvgIpc) is 2.94. The summed E-state index contributed by atoms with van der Waals surface area (Å²) in [5, 5.41) is 4.69. The molecule has 0 radical (unpaired) electrons. The Labute approximate surface area is 134 Å².